The molecule has 6 heteroatoms. The van der Waals surface area contributed by atoms with Gasteiger partial charge in [0.25, 0.3) is 5.91 Å². The van der Waals surface area contributed by atoms with Gasteiger partial charge in [0.1, 0.15) is 18.7 Å². The van der Waals surface area contributed by atoms with Crippen molar-refractivity contribution >= 4 is 17.6 Å². The summed E-state index contributed by atoms with van der Waals surface area (Å²) in [4.78, 5) is 39.6. The predicted molar refractivity (Wildman–Crippen MR) is 96.6 cm³/mol. The van der Waals surface area contributed by atoms with Gasteiger partial charge in [0.15, 0.2) is 5.78 Å². The van der Waals surface area contributed by atoms with E-state index in [4.69, 9.17) is 4.74 Å². The number of carbonyl (C=O) groups excluding carboxylic acids is 3. The molecule has 2 amide bonds. The SMILES string of the molecule is CC(C)CC(NC(=O)c1ccccc1)C(=O)N1CCC[C@@H]2OCC(=O)C21. The number of ketones is 1. The Kier molecular flexibility index (Phi) is 5.71. The van der Waals surface area contributed by atoms with E-state index >= 15 is 0 Å². The number of likely N-dealkylation sites (tertiary alicyclic amines) is 1. The molecule has 6 nitrogen and oxygen atoms in total. The number of carbonyl (C=O) groups is 3. The van der Waals surface area contributed by atoms with Gasteiger partial charge in [-0.2, -0.15) is 0 Å². The lowest BCUT2D eigenvalue weighted by molar-refractivity contribution is -0.142. The van der Waals surface area contributed by atoms with Crippen LogP contribution < -0.4 is 5.32 Å². The molecule has 0 radical (unpaired) electrons. The lowest BCUT2D eigenvalue weighted by Crippen LogP contribution is -2.58. The first-order valence-corrected chi connectivity index (χ1v) is 9.28. The van der Waals surface area contributed by atoms with Crippen molar-refractivity contribution in [2.75, 3.05) is 13.2 Å². The van der Waals surface area contributed by atoms with Gasteiger partial charge < -0.3 is 15.0 Å². The zero-order valence-corrected chi connectivity index (χ0v) is 15.3. The minimum absolute atomic E-state index is 0.0410. The first-order chi connectivity index (χ1) is 12.5. The van der Waals surface area contributed by atoms with Crippen molar-refractivity contribution < 1.29 is 19.1 Å². The predicted octanol–water partition coefficient (Wildman–Crippen LogP) is 1.79. The Morgan fingerprint density at radius 1 is 1.27 bits per heavy atom. The van der Waals surface area contributed by atoms with Crippen LogP contribution in [0.3, 0.4) is 0 Å². The Balaban J connectivity index is 1.77. The highest BCUT2D eigenvalue weighted by Crippen LogP contribution is 2.27. The second-order valence-corrected chi connectivity index (χ2v) is 7.46. The Hall–Kier alpha value is -2.21. The summed E-state index contributed by atoms with van der Waals surface area (Å²) in [5.41, 5.74) is 0.519. The van der Waals surface area contributed by atoms with Gasteiger partial charge in [0, 0.05) is 12.1 Å². The number of hydrogen-bond acceptors (Lipinski definition) is 4. The first-order valence-electron chi connectivity index (χ1n) is 9.28. The van der Waals surface area contributed by atoms with Crippen molar-refractivity contribution in [3.8, 4) is 0 Å². The number of ether oxygens (including phenoxy) is 1. The molecular weight excluding hydrogens is 332 g/mol. The molecule has 0 bridgehead atoms. The number of rotatable bonds is 5. The van der Waals surface area contributed by atoms with Crippen LogP contribution in [0.5, 0.6) is 0 Å². The average molecular weight is 358 g/mol. The van der Waals surface area contributed by atoms with E-state index in [-0.39, 0.29) is 36.2 Å². The lowest BCUT2D eigenvalue weighted by atomic mass is 9.95. The van der Waals surface area contributed by atoms with Crippen LogP contribution in [0.25, 0.3) is 0 Å². The molecule has 2 saturated heterocycles. The second-order valence-electron chi connectivity index (χ2n) is 7.46. The highest BCUT2D eigenvalue weighted by atomic mass is 16.5. The number of Topliss-reactive ketones (excluding diaryl/α,β-unsaturated/α-hetero) is 1. The molecule has 2 heterocycles. The monoisotopic (exact) mass is 358 g/mol. The molecule has 2 aliphatic heterocycles. The number of hydrogen-bond donors (Lipinski definition) is 1. The van der Waals surface area contributed by atoms with Crippen molar-refractivity contribution in [3.05, 3.63) is 35.9 Å². The first kappa shape index (κ1) is 18.6. The Morgan fingerprint density at radius 3 is 2.69 bits per heavy atom. The molecule has 1 aromatic carbocycles. The van der Waals surface area contributed by atoms with Gasteiger partial charge in [0.2, 0.25) is 5.91 Å². The van der Waals surface area contributed by atoms with Gasteiger partial charge in [-0.25, -0.2) is 0 Å². The number of fused-ring (bicyclic) bond motifs is 1. The maximum absolute atomic E-state index is 13.2. The highest BCUT2D eigenvalue weighted by molar-refractivity contribution is 5.99. The molecule has 0 aromatic heterocycles. The van der Waals surface area contributed by atoms with Gasteiger partial charge in [-0.05, 0) is 37.3 Å². The minimum Gasteiger partial charge on any atom is -0.368 e. The van der Waals surface area contributed by atoms with E-state index in [9.17, 15) is 14.4 Å². The van der Waals surface area contributed by atoms with Gasteiger partial charge in [-0.15, -0.1) is 0 Å². The maximum Gasteiger partial charge on any atom is 0.251 e. The molecule has 2 fully saturated rings. The van der Waals surface area contributed by atoms with E-state index in [1.54, 1.807) is 29.2 Å². The van der Waals surface area contributed by atoms with Crippen LogP contribution in [0.1, 0.15) is 43.5 Å². The summed E-state index contributed by atoms with van der Waals surface area (Å²) < 4.78 is 5.53. The summed E-state index contributed by atoms with van der Waals surface area (Å²) in [6.45, 7) is 4.63. The van der Waals surface area contributed by atoms with E-state index in [1.165, 1.54) is 0 Å². The largest absolute Gasteiger partial charge is 0.368 e. The molecule has 0 spiro atoms. The van der Waals surface area contributed by atoms with Gasteiger partial charge in [-0.3, -0.25) is 14.4 Å². The molecule has 140 valence electrons. The summed E-state index contributed by atoms with van der Waals surface area (Å²) in [6, 6.07) is 7.72. The van der Waals surface area contributed by atoms with Crippen molar-refractivity contribution in [2.45, 2.75) is 51.3 Å². The smallest absolute Gasteiger partial charge is 0.251 e. The third kappa shape index (κ3) is 3.96. The zero-order chi connectivity index (χ0) is 18.7. The van der Waals surface area contributed by atoms with Crippen LogP contribution in [-0.4, -0.2) is 53.8 Å². The number of nitrogens with zero attached hydrogens (tertiary/aromatic N) is 1. The van der Waals surface area contributed by atoms with E-state index in [0.29, 0.717) is 18.5 Å². The van der Waals surface area contributed by atoms with Gasteiger partial charge in [0.05, 0.1) is 6.10 Å². The van der Waals surface area contributed by atoms with E-state index in [0.717, 1.165) is 12.8 Å². The van der Waals surface area contributed by atoms with Crippen LogP contribution in [-0.2, 0) is 14.3 Å². The van der Waals surface area contributed by atoms with Crippen molar-refractivity contribution in [1.29, 1.82) is 0 Å². The lowest BCUT2D eigenvalue weighted by Gasteiger charge is -2.37. The maximum atomic E-state index is 13.2. The Labute approximate surface area is 153 Å². The Bertz CT molecular complexity index is 674. The molecule has 2 unspecified atom stereocenters. The number of nitrogens with one attached hydrogen (secondary N) is 1. The van der Waals surface area contributed by atoms with Gasteiger partial charge >= 0.3 is 0 Å². The average Bonchev–Trinajstić information content (AvgIpc) is 3.02. The van der Waals surface area contributed by atoms with Crippen molar-refractivity contribution in [3.63, 3.8) is 0 Å². The number of piperidine rings is 1. The third-order valence-corrected chi connectivity index (χ3v) is 4.97. The van der Waals surface area contributed by atoms with Crippen LogP contribution in [0.4, 0.5) is 0 Å². The second kappa shape index (κ2) is 7.99. The fraction of sp³-hybridized carbons (Fsp3) is 0.550. The minimum atomic E-state index is -0.644. The molecule has 2 aliphatic rings. The summed E-state index contributed by atoms with van der Waals surface area (Å²) >= 11 is 0. The molecular formula is C20H26N2O4. The molecule has 0 saturated carbocycles. The molecule has 26 heavy (non-hydrogen) atoms. The van der Waals surface area contributed by atoms with Crippen LogP contribution in [0.2, 0.25) is 0 Å². The summed E-state index contributed by atoms with van der Waals surface area (Å²) in [6.07, 6.45) is 1.93. The zero-order valence-electron chi connectivity index (χ0n) is 15.3. The normalized spacial score (nSPS) is 23.7. The fourth-order valence-corrected chi connectivity index (χ4v) is 3.76. The molecule has 3 atom stereocenters. The van der Waals surface area contributed by atoms with E-state index < -0.39 is 12.1 Å². The van der Waals surface area contributed by atoms with E-state index in [2.05, 4.69) is 5.32 Å². The third-order valence-electron chi connectivity index (χ3n) is 4.97. The molecule has 0 aliphatic carbocycles. The Morgan fingerprint density at radius 2 is 2.00 bits per heavy atom. The summed E-state index contributed by atoms with van der Waals surface area (Å²) in [5, 5.41) is 2.87. The topological polar surface area (TPSA) is 75.7 Å². The highest BCUT2D eigenvalue weighted by Gasteiger charge is 2.45. The van der Waals surface area contributed by atoms with Gasteiger partial charge in [-0.1, -0.05) is 32.0 Å². The van der Waals surface area contributed by atoms with E-state index in [1.807, 2.05) is 19.9 Å². The van der Waals surface area contributed by atoms with Crippen LogP contribution >= 0.6 is 0 Å². The number of amides is 2. The van der Waals surface area contributed by atoms with Crippen LogP contribution in [0.15, 0.2) is 30.3 Å². The molecule has 3 rings (SSSR count). The van der Waals surface area contributed by atoms with Crippen LogP contribution in [0, 0.1) is 5.92 Å². The van der Waals surface area contributed by atoms with Crippen molar-refractivity contribution in [2.24, 2.45) is 5.92 Å². The summed E-state index contributed by atoms with van der Waals surface area (Å²) in [7, 11) is 0. The summed E-state index contributed by atoms with van der Waals surface area (Å²) in [5.74, 6) is -0.263. The molecule has 1 aromatic rings. The number of benzene rings is 1. The standard InChI is InChI=1S/C20H26N2O4/c1-13(2)11-15(21-19(24)14-7-4-3-5-8-14)20(25)22-10-6-9-17-18(22)16(23)12-26-17/h3-5,7-8,13,15,17-18H,6,9-12H2,1-2H3,(H,21,24)/t15?,17-,18?/m0/s1. The fourth-order valence-electron chi connectivity index (χ4n) is 3.76. The quantitative estimate of drug-likeness (QED) is 0.871. The molecule has 1 N–H and O–H groups in total. The van der Waals surface area contributed by atoms with Crippen molar-refractivity contribution in [1.82, 2.24) is 10.2 Å².